The van der Waals surface area contributed by atoms with Crippen molar-refractivity contribution >= 4 is 21.6 Å². The second kappa shape index (κ2) is 5.54. The molecule has 0 bridgehead atoms. The van der Waals surface area contributed by atoms with Gasteiger partial charge < -0.3 is 9.52 Å². The summed E-state index contributed by atoms with van der Waals surface area (Å²) in [5.74, 6) is 1.05. The number of nitrogens with zero attached hydrogens (tertiary/aromatic N) is 1. The average Bonchev–Trinajstić information content (AvgIpc) is 2.87. The molecule has 1 heterocycles. The van der Waals surface area contributed by atoms with Crippen LogP contribution in [0.5, 0.6) is 0 Å². The van der Waals surface area contributed by atoms with Crippen LogP contribution in [0.3, 0.4) is 0 Å². The van der Waals surface area contributed by atoms with Crippen LogP contribution < -0.4 is 0 Å². The van der Waals surface area contributed by atoms with E-state index in [-0.39, 0.29) is 5.69 Å². The van der Waals surface area contributed by atoms with E-state index in [0.717, 1.165) is 0 Å². The molecule has 1 unspecified atom stereocenters. The van der Waals surface area contributed by atoms with Gasteiger partial charge in [-0.1, -0.05) is 6.92 Å². The monoisotopic (exact) mass is 325 g/mol. The second-order valence-electron chi connectivity index (χ2n) is 4.05. The molecule has 0 aliphatic carbocycles. The fraction of sp³-hybridized carbons (Fsp3) is 0.231. The molecule has 0 saturated carbocycles. The summed E-state index contributed by atoms with van der Waals surface area (Å²) >= 11 is 3.29. The minimum atomic E-state index is -0.634. The van der Waals surface area contributed by atoms with Gasteiger partial charge in [0, 0.05) is 22.2 Å². The van der Waals surface area contributed by atoms with Crippen molar-refractivity contribution < 1.29 is 14.4 Å². The highest BCUT2D eigenvalue weighted by atomic mass is 79.9. The van der Waals surface area contributed by atoms with Gasteiger partial charge in [0.2, 0.25) is 0 Å². The fourth-order valence-electron chi connectivity index (χ4n) is 1.70. The number of non-ortho nitro benzene ring substituents is 1. The second-order valence-corrected chi connectivity index (χ2v) is 4.90. The van der Waals surface area contributed by atoms with Gasteiger partial charge in [-0.25, -0.2) is 0 Å². The number of halogens is 1. The Balaban J connectivity index is 2.37. The highest BCUT2D eigenvalue weighted by Crippen LogP contribution is 2.33. The third kappa shape index (κ3) is 2.85. The van der Waals surface area contributed by atoms with Gasteiger partial charge in [-0.2, -0.15) is 0 Å². The predicted octanol–water partition coefficient (Wildman–Crippen LogP) is 4.06. The van der Waals surface area contributed by atoms with Crippen molar-refractivity contribution in [2.24, 2.45) is 0 Å². The van der Waals surface area contributed by atoms with Gasteiger partial charge in [-0.15, -0.1) is 0 Å². The normalized spacial score (nSPS) is 12.4. The van der Waals surface area contributed by atoms with Crippen LogP contribution in [-0.4, -0.2) is 10.0 Å². The van der Waals surface area contributed by atoms with Gasteiger partial charge in [0.15, 0.2) is 0 Å². The maximum absolute atomic E-state index is 10.7. The molecule has 0 spiro atoms. The van der Waals surface area contributed by atoms with E-state index in [9.17, 15) is 15.2 Å². The van der Waals surface area contributed by atoms with Crippen molar-refractivity contribution in [1.29, 1.82) is 0 Å². The van der Waals surface area contributed by atoms with E-state index >= 15 is 0 Å². The Hall–Kier alpha value is -1.66. The van der Waals surface area contributed by atoms with E-state index in [1.54, 1.807) is 18.2 Å². The van der Waals surface area contributed by atoms with Crippen molar-refractivity contribution in [3.05, 3.63) is 50.7 Å². The fourth-order valence-corrected chi connectivity index (χ4v) is 2.26. The molecule has 0 saturated heterocycles. The van der Waals surface area contributed by atoms with E-state index in [1.165, 1.54) is 12.1 Å². The molecule has 0 amide bonds. The topological polar surface area (TPSA) is 76.5 Å². The van der Waals surface area contributed by atoms with Crippen LogP contribution in [0.2, 0.25) is 0 Å². The first-order valence-electron chi connectivity index (χ1n) is 5.75. The Bertz CT molecular complexity index is 608. The van der Waals surface area contributed by atoms with Crippen LogP contribution in [0.4, 0.5) is 5.69 Å². The average molecular weight is 326 g/mol. The van der Waals surface area contributed by atoms with Crippen molar-refractivity contribution in [2.45, 2.75) is 19.4 Å². The van der Waals surface area contributed by atoms with Crippen molar-refractivity contribution in [3.8, 4) is 11.3 Å². The highest BCUT2D eigenvalue weighted by Gasteiger charge is 2.15. The van der Waals surface area contributed by atoms with Crippen LogP contribution in [0.15, 0.2) is 39.2 Å². The first kappa shape index (κ1) is 13.8. The minimum absolute atomic E-state index is 0.0102. The molecule has 5 nitrogen and oxygen atoms in total. The van der Waals surface area contributed by atoms with Crippen molar-refractivity contribution in [3.63, 3.8) is 0 Å². The van der Waals surface area contributed by atoms with Crippen LogP contribution in [0.1, 0.15) is 25.2 Å². The van der Waals surface area contributed by atoms with Crippen LogP contribution >= 0.6 is 15.9 Å². The Morgan fingerprint density at radius 2 is 2.16 bits per heavy atom. The summed E-state index contributed by atoms with van der Waals surface area (Å²) in [6, 6.07) is 7.90. The number of benzene rings is 1. The molecule has 19 heavy (non-hydrogen) atoms. The molecule has 0 radical (unpaired) electrons. The van der Waals surface area contributed by atoms with Gasteiger partial charge in [0.25, 0.3) is 5.69 Å². The molecule has 2 rings (SSSR count). The predicted molar refractivity (Wildman–Crippen MR) is 73.7 cm³/mol. The van der Waals surface area contributed by atoms with Crippen molar-refractivity contribution in [1.82, 2.24) is 0 Å². The zero-order valence-electron chi connectivity index (χ0n) is 10.2. The molecular formula is C13H12BrNO4. The summed E-state index contributed by atoms with van der Waals surface area (Å²) in [4.78, 5) is 10.2. The van der Waals surface area contributed by atoms with Gasteiger partial charge in [-0.05, 0) is 40.5 Å². The third-order valence-corrected chi connectivity index (χ3v) is 3.43. The molecule has 0 aliphatic heterocycles. The standard InChI is InChI=1S/C13H12BrNO4/c1-2-11(16)13-6-5-12(19-13)9-4-3-8(15(17)18)7-10(9)14/h3-7,11,16H,2H2,1H3. The first-order chi connectivity index (χ1) is 9.02. The number of aliphatic hydroxyl groups is 1. The lowest BCUT2D eigenvalue weighted by molar-refractivity contribution is -0.384. The smallest absolute Gasteiger partial charge is 0.270 e. The summed E-state index contributed by atoms with van der Waals surface area (Å²) in [5, 5.41) is 20.3. The molecule has 6 heteroatoms. The number of nitro groups is 1. The summed E-state index contributed by atoms with van der Waals surface area (Å²) < 4.78 is 6.13. The molecule has 1 N–H and O–H groups in total. The molecule has 1 aromatic heterocycles. The lowest BCUT2D eigenvalue weighted by atomic mass is 10.1. The largest absolute Gasteiger partial charge is 0.458 e. The third-order valence-electron chi connectivity index (χ3n) is 2.77. The Morgan fingerprint density at radius 3 is 2.74 bits per heavy atom. The first-order valence-corrected chi connectivity index (χ1v) is 6.54. The number of hydrogen-bond acceptors (Lipinski definition) is 4. The number of furan rings is 1. The molecule has 100 valence electrons. The van der Waals surface area contributed by atoms with Gasteiger partial charge in [0.05, 0.1) is 4.92 Å². The van der Waals surface area contributed by atoms with Crippen LogP contribution in [-0.2, 0) is 0 Å². The highest BCUT2D eigenvalue weighted by molar-refractivity contribution is 9.10. The van der Waals surface area contributed by atoms with E-state index < -0.39 is 11.0 Å². The molecule has 2 aromatic rings. The summed E-state index contributed by atoms with van der Waals surface area (Å²) in [5.41, 5.74) is 0.719. The summed E-state index contributed by atoms with van der Waals surface area (Å²) in [6.07, 6.45) is -0.0699. The van der Waals surface area contributed by atoms with Gasteiger partial charge in [0.1, 0.15) is 17.6 Å². The Morgan fingerprint density at radius 1 is 1.42 bits per heavy atom. The molecule has 1 atom stereocenters. The van der Waals surface area contributed by atoms with Gasteiger partial charge >= 0.3 is 0 Å². The zero-order chi connectivity index (χ0) is 14.0. The van der Waals surface area contributed by atoms with Crippen molar-refractivity contribution in [2.75, 3.05) is 0 Å². The van der Waals surface area contributed by atoms with Crippen LogP contribution in [0.25, 0.3) is 11.3 Å². The lowest BCUT2D eigenvalue weighted by Gasteiger charge is -2.04. The minimum Gasteiger partial charge on any atom is -0.458 e. The van der Waals surface area contributed by atoms with Crippen LogP contribution in [0, 0.1) is 10.1 Å². The Kier molecular flexibility index (Phi) is 4.01. The molecule has 0 aliphatic rings. The number of aliphatic hydroxyl groups excluding tert-OH is 1. The lowest BCUT2D eigenvalue weighted by Crippen LogP contribution is -1.91. The van der Waals surface area contributed by atoms with E-state index in [1.807, 2.05) is 6.92 Å². The summed E-state index contributed by atoms with van der Waals surface area (Å²) in [6.45, 7) is 1.86. The van der Waals surface area contributed by atoms with E-state index in [2.05, 4.69) is 15.9 Å². The quantitative estimate of drug-likeness (QED) is 0.679. The maximum atomic E-state index is 10.7. The SMILES string of the molecule is CCC(O)c1ccc(-c2ccc([N+](=O)[O-])cc2Br)o1. The molecule has 1 aromatic carbocycles. The zero-order valence-corrected chi connectivity index (χ0v) is 11.8. The van der Waals surface area contributed by atoms with Gasteiger partial charge in [-0.3, -0.25) is 10.1 Å². The van der Waals surface area contributed by atoms with E-state index in [0.29, 0.717) is 28.0 Å². The number of rotatable bonds is 4. The maximum Gasteiger partial charge on any atom is 0.270 e. The number of nitro benzene ring substituents is 1. The van der Waals surface area contributed by atoms with E-state index in [4.69, 9.17) is 4.42 Å². The molecular weight excluding hydrogens is 314 g/mol. The molecule has 0 fully saturated rings. The Labute approximate surface area is 118 Å². The number of hydrogen-bond donors (Lipinski definition) is 1. The summed E-state index contributed by atoms with van der Waals surface area (Å²) in [7, 11) is 0.